The molecule has 3 rings (SSSR count). The number of Topliss-reactive ketones (excluding diaryl/α,β-unsaturated/α-hetero) is 1. The minimum Gasteiger partial charge on any atom is -0.494 e. The molecule has 0 saturated carbocycles. The van der Waals surface area contributed by atoms with E-state index in [2.05, 4.69) is 0 Å². The van der Waals surface area contributed by atoms with Crippen molar-refractivity contribution < 1.29 is 24.0 Å². The van der Waals surface area contributed by atoms with Crippen LogP contribution in [0, 0.1) is 28.4 Å². The number of carbonyl (C=O) groups is 1. The topological polar surface area (TPSA) is 149 Å². The molecule has 0 radical (unpaired) electrons. The van der Waals surface area contributed by atoms with E-state index in [4.69, 9.17) is 9.15 Å². The summed E-state index contributed by atoms with van der Waals surface area (Å²) in [6.45, 7) is 0.510. The Labute approximate surface area is 169 Å². The Morgan fingerprint density at radius 1 is 1.33 bits per heavy atom. The fourth-order valence-corrected chi connectivity index (χ4v) is 2.94. The number of ketones is 1. The average molecular weight is 409 g/mol. The highest BCUT2D eigenvalue weighted by Crippen LogP contribution is 2.27. The average Bonchev–Trinajstić information content (AvgIpc) is 3.23. The van der Waals surface area contributed by atoms with Gasteiger partial charge >= 0.3 is 5.69 Å². The number of hydrogen-bond donors (Lipinski definition) is 1. The lowest BCUT2D eigenvalue weighted by Gasteiger charge is -2.15. The molecule has 0 fully saturated rings. The van der Waals surface area contributed by atoms with Gasteiger partial charge in [0.05, 0.1) is 23.3 Å². The van der Waals surface area contributed by atoms with Crippen molar-refractivity contribution in [3.05, 3.63) is 85.6 Å². The quantitative estimate of drug-likeness (QED) is 0.355. The van der Waals surface area contributed by atoms with Gasteiger partial charge in [0.2, 0.25) is 11.7 Å². The number of aromatic hydroxyl groups is 1. The van der Waals surface area contributed by atoms with Gasteiger partial charge in [0, 0.05) is 6.07 Å². The van der Waals surface area contributed by atoms with Gasteiger partial charge in [-0.1, -0.05) is 12.1 Å². The molecule has 10 heteroatoms. The Morgan fingerprint density at radius 3 is 2.70 bits per heavy atom. The lowest BCUT2D eigenvalue weighted by Crippen LogP contribution is -2.28. The van der Waals surface area contributed by atoms with Gasteiger partial charge in [-0.2, -0.15) is 5.26 Å². The molecule has 0 unspecified atom stereocenters. The van der Waals surface area contributed by atoms with Crippen LogP contribution in [0.15, 0.2) is 51.9 Å². The second-order valence-electron chi connectivity index (χ2n) is 6.22. The number of benzene rings is 1. The number of para-hydroxylation sites is 2. The van der Waals surface area contributed by atoms with E-state index >= 15 is 0 Å². The first-order valence-electron chi connectivity index (χ1n) is 8.63. The van der Waals surface area contributed by atoms with E-state index in [1.807, 2.05) is 0 Å². The van der Waals surface area contributed by atoms with E-state index < -0.39 is 28.8 Å². The third kappa shape index (κ3) is 3.77. The Hall–Kier alpha value is -4.39. The number of nitrogens with zero attached hydrogens (tertiary/aromatic N) is 3. The maximum atomic E-state index is 12.8. The van der Waals surface area contributed by atoms with Crippen LogP contribution >= 0.6 is 0 Å². The van der Waals surface area contributed by atoms with Crippen LogP contribution in [0.4, 0.5) is 5.69 Å². The van der Waals surface area contributed by atoms with Gasteiger partial charge in [-0.15, -0.1) is 0 Å². The number of nitriles is 1. The molecule has 1 N–H and O–H groups in total. The van der Waals surface area contributed by atoms with Gasteiger partial charge in [0.1, 0.15) is 17.4 Å². The van der Waals surface area contributed by atoms with E-state index in [0.717, 1.165) is 4.57 Å². The van der Waals surface area contributed by atoms with Crippen LogP contribution in [-0.4, -0.2) is 27.0 Å². The summed E-state index contributed by atoms with van der Waals surface area (Å²) in [6.07, 6.45) is 1.38. The number of furan rings is 1. The monoisotopic (exact) mass is 409 g/mol. The summed E-state index contributed by atoms with van der Waals surface area (Å²) in [5.74, 6) is -1.20. The van der Waals surface area contributed by atoms with Crippen LogP contribution in [-0.2, 0) is 6.54 Å². The zero-order valence-electron chi connectivity index (χ0n) is 15.7. The molecule has 2 aromatic heterocycles. The molecule has 0 saturated heterocycles. The molecule has 0 amide bonds. The number of rotatable bonds is 7. The Bertz CT molecular complexity index is 1220. The van der Waals surface area contributed by atoms with Crippen molar-refractivity contribution >= 4 is 11.5 Å². The third-order valence-electron chi connectivity index (χ3n) is 4.39. The maximum Gasteiger partial charge on any atom is 0.310 e. The van der Waals surface area contributed by atoms with E-state index in [1.54, 1.807) is 18.2 Å². The summed E-state index contributed by atoms with van der Waals surface area (Å²) in [6, 6.07) is 10.4. The lowest BCUT2D eigenvalue weighted by molar-refractivity contribution is -0.385. The van der Waals surface area contributed by atoms with Crippen molar-refractivity contribution in [3.63, 3.8) is 0 Å². The first-order valence-corrected chi connectivity index (χ1v) is 8.63. The molecule has 30 heavy (non-hydrogen) atoms. The fraction of sp³-hybridized carbons (Fsp3) is 0.150. The number of aromatic nitrogens is 1. The van der Waals surface area contributed by atoms with Crippen molar-refractivity contribution in [2.75, 3.05) is 6.61 Å². The molecule has 0 spiro atoms. The van der Waals surface area contributed by atoms with Gasteiger partial charge in [0.15, 0.2) is 12.4 Å². The second kappa shape index (κ2) is 8.32. The van der Waals surface area contributed by atoms with Gasteiger partial charge in [-0.25, -0.2) is 0 Å². The molecule has 2 heterocycles. The zero-order valence-corrected chi connectivity index (χ0v) is 15.7. The molecule has 3 aromatic rings. The van der Waals surface area contributed by atoms with Crippen molar-refractivity contribution in [2.45, 2.75) is 13.5 Å². The molecule has 0 aliphatic heterocycles. The Balaban J connectivity index is 1.99. The highest BCUT2D eigenvalue weighted by atomic mass is 16.6. The van der Waals surface area contributed by atoms with Crippen LogP contribution in [0.2, 0.25) is 0 Å². The van der Waals surface area contributed by atoms with Gasteiger partial charge in [0.25, 0.3) is 5.56 Å². The zero-order chi connectivity index (χ0) is 21.8. The second-order valence-corrected chi connectivity index (χ2v) is 6.22. The smallest absolute Gasteiger partial charge is 0.310 e. The summed E-state index contributed by atoms with van der Waals surface area (Å²) < 4.78 is 11.3. The summed E-state index contributed by atoms with van der Waals surface area (Å²) >= 11 is 0. The molecular weight excluding hydrogens is 394 g/mol. The highest BCUT2D eigenvalue weighted by Gasteiger charge is 2.25. The van der Waals surface area contributed by atoms with Gasteiger partial charge < -0.3 is 14.3 Å². The standard InChI is InChI=1S/C20H15N3O7/c1-12-14(9-21)19(25)22(10-13-5-4-8-29-13)20(26)18(12)16(24)11-30-17-7-3-2-6-15(17)23(27)28/h2-8,26H,10-11H2,1H3. The van der Waals surface area contributed by atoms with E-state index in [0.29, 0.717) is 5.76 Å². The molecule has 152 valence electrons. The summed E-state index contributed by atoms with van der Waals surface area (Å²) in [5, 5.41) is 31.1. The Kier molecular flexibility index (Phi) is 5.64. The first-order chi connectivity index (χ1) is 14.3. The van der Waals surface area contributed by atoms with Crippen molar-refractivity contribution in [1.82, 2.24) is 4.57 Å². The number of nitro benzene ring substituents is 1. The molecule has 0 bridgehead atoms. The predicted octanol–water partition coefficient (Wildman–Crippen LogP) is 2.55. The van der Waals surface area contributed by atoms with E-state index in [9.17, 15) is 30.1 Å². The van der Waals surface area contributed by atoms with Gasteiger partial charge in [-0.3, -0.25) is 24.3 Å². The van der Waals surface area contributed by atoms with Crippen molar-refractivity contribution in [1.29, 1.82) is 5.26 Å². The molecule has 10 nitrogen and oxygen atoms in total. The van der Waals surface area contributed by atoms with Crippen LogP contribution in [0.1, 0.15) is 27.2 Å². The minimum absolute atomic E-state index is 0.00754. The summed E-state index contributed by atoms with van der Waals surface area (Å²) in [7, 11) is 0. The molecule has 1 aromatic carbocycles. The number of pyridine rings is 1. The van der Waals surface area contributed by atoms with E-state index in [1.165, 1.54) is 37.5 Å². The number of carbonyl (C=O) groups excluding carboxylic acids is 1. The fourth-order valence-electron chi connectivity index (χ4n) is 2.94. The molecule has 0 atom stereocenters. The normalized spacial score (nSPS) is 10.4. The third-order valence-corrected chi connectivity index (χ3v) is 4.39. The van der Waals surface area contributed by atoms with Crippen LogP contribution in [0.3, 0.4) is 0 Å². The minimum atomic E-state index is -0.778. The van der Waals surface area contributed by atoms with Crippen molar-refractivity contribution in [2.24, 2.45) is 0 Å². The number of ether oxygens (including phenoxy) is 1. The van der Waals surface area contributed by atoms with Crippen LogP contribution in [0.25, 0.3) is 0 Å². The largest absolute Gasteiger partial charge is 0.494 e. The summed E-state index contributed by atoms with van der Waals surface area (Å²) in [5.41, 5.74) is -1.71. The summed E-state index contributed by atoms with van der Waals surface area (Å²) in [4.78, 5) is 35.8. The molecule has 0 aliphatic rings. The van der Waals surface area contributed by atoms with Crippen LogP contribution < -0.4 is 10.3 Å². The van der Waals surface area contributed by atoms with Crippen molar-refractivity contribution in [3.8, 4) is 17.7 Å². The number of nitro groups is 1. The highest BCUT2D eigenvalue weighted by molar-refractivity contribution is 6.01. The Morgan fingerprint density at radius 2 is 2.07 bits per heavy atom. The molecule has 0 aliphatic carbocycles. The predicted molar refractivity (Wildman–Crippen MR) is 103 cm³/mol. The SMILES string of the molecule is Cc1c(C(=O)COc2ccccc2[N+](=O)[O-])c(O)n(Cc2ccco2)c(=O)c1C#N. The molecular formula is C20H15N3O7. The van der Waals surface area contributed by atoms with E-state index in [-0.39, 0.29) is 34.7 Å². The lowest BCUT2D eigenvalue weighted by atomic mass is 10.0. The number of hydrogen-bond acceptors (Lipinski definition) is 8. The van der Waals surface area contributed by atoms with Gasteiger partial charge in [-0.05, 0) is 30.7 Å². The first kappa shape index (κ1) is 20.3. The maximum absolute atomic E-state index is 12.8. The van der Waals surface area contributed by atoms with Crippen LogP contribution in [0.5, 0.6) is 11.6 Å².